The van der Waals surface area contributed by atoms with Crippen molar-refractivity contribution in [3.8, 4) is 0 Å². The molecule has 1 fully saturated rings. The Morgan fingerprint density at radius 1 is 1.19 bits per heavy atom. The van der Waals surface area contributed by atoms with Gasteiger partial charge in [0.2, 0.25) is 10.3 Å². The molecule has 0 heterocycles. The van der Waals surface area contributed by atoms with E-state index in [9.17, 15) is 16.8 Å². The van der Waals surface area contributed by atoms with Crippen LogP contribution in [0.2, 0.25) is 0 Å². The highest BCUT2D eigenvalue weighted by Crippen LogP contribution is 2.39. The largest absolute Gasteiger partial charge is 0.268 e. The van der Waals surface area contributed by atoms with Gasteiger partial charge in [-0.3, -0.25) is 4.18 Å². The Labute approximate surface area is 126 Å². The van der Waals surface area contributed by atoms with Gasteiger partial charge in [0.1, 0.15) is 5.60 Å². The monoisotopic (exact) mass is 330 g/mol. The van der Waals surface area contributed by atoms with E-state index in [4.69, 9.17) is 4.18 Å². The molecule has 1 aromatic carbocycles. The van der Waals surface area contributed by atoms with E-state index in [1.54, 1.807) is 30.3 Å². The van der Waals surface area contributed by atoms with Gasteiger partial charge in [-0.15, -0.1) is 0 Å². The van der Waals surface area contributed by atoms with Crippen molar-refractivity contribution < 1.29 is 21.0 Å². The summed E-state index contributed by atoms with van der Waals surface area (Å²) in [4.78, 5) is 0.122. The molecule has 5 nitrogen and oxygen atoms in total. The number of rotatable bonds is 4. The van der Waals surface area contributed by atoms with Crippen molar-refractivity contribution >= 4 is 25.3 Å². The number of hydrogen-bond acceptors (Lipinski definition) is 5. The lowest BCUT2D eigenvalue weighted by Crippen LogP contribution is -2.43. The highest BCUT2D eigenvalue weighted by Gasteiger charge is 2.45. The quantitative estimate of drug-likeness (QED) is 0.622. The third-order valence-corrected chi connectivity index (χ3v) is 5.88. The van der Waals surface area contributed by atoms with Crippen molar-refractivity contribution in [3.05, 3.63) is 35.9 Å². The van der Waals surface area contributed by atoms with Gasteiger partial charge in [0.05, 0.1) is 10.6 Å². The van der Waals surface area contributed by atoms with E-state index in [0.717, 1.165) is 6.42 Å². The van der Waals surface area contributed by atoms with Crippen LogP contribution >= 0.6 is 0 Å². The van der Waals surface area contributed by atoms with Crippen LogP contribution in [0.1, 0.15) is 38.2 Å². The normalized spacial score (nSPS) is 23.0. The fourth-order valence-corrected chi connectivity index (χ4v) is 4.37. The van der Waals surface area contributed by atoms with E-state index in [0.29, 0.717) is 24.8 Å². The van der Waals surface area contributed by atoms with Crippen molar-refractivity contribution in [2.24, 2.45) is 0 Å². The lowest BCUT2D eigenvalue weighted by molar-refractivity contribution is 0.127. The molecule has 7 heteroatoms. The van der Waals surface area contributed by atoms with Crippen LogP contribution in [0, 0.1) is 0 Å². The first-order valence-corrected chi connectivity index (χ1v) is 9.51. The minimum Gasteiger partial charge on any atom is -0.253 e. The van der Waals surface area contributed by atoms with Crippen LogP contribution in [-0.4, -0.2) is 27.5 Å². The van der Waals surface area contributed by atoms with E-state index in [1.807, 2.05) is 0 Å². The third kappa shape index (κ3) is 3.36. The molecule has 0 radical (unpaired) electrons. The molecule has 2 rings (SSSR count). The first kappa shape index (κ1) is 16.2. The van der Waals surface area contributed by atoms with Crippen LogP contribution in [0.4, 0.5) is 0 Å². The third-order valence-electron chi connectivity index (χ3n) is 3.70. The van der Waals surface area contributed by atoms with Crippen molar-refractivity contribution in [3.63, 3.8) is 0 Å². The maximum atomic E-state index is 12.0. The van der Waals surface area contributed by atoms with E-state index >= 15 is 0 Å². The molecule has 0 aliphatic heterocycles. The van der Waals surface area contributed by atoms with Gasteiger partial charge in [-0.2, -0.15) is 16.8 Å². The summed E-state index contributed by atoms with van der Waals surface area (Å²) in [6, 6.07) is 8.72. The summed E-state index contributed by atoms with van der Waals surface area (Å²) in [5, 5.41) is 0. The minimum absolute atomic E-state index is 0.122. The van der Waals surface area contributed by atoms with Gasteiger partial charge < -0.3 is 0 Å². The zero-order valence-electron chi connectivity index (χ0n) is 11.8. The second-order valence-corrected chi connectivity index (χ2v) is 7.81. The Morgan fingerprint density at radius 2 is 1.86 bits per heavy atom. The molecule has 0 N–H and O–H groups in total. The molecule has 1 aromatic rings. The smallest absolute Gasteiger partial charge is 0.253 e. The maximum Gasteiger partial charge on any atom is 0.268 e. The van der Waals surface area contributed by atoms with Crippen LogP contribution in [-0.2, 0) is 30.2 Å². The van der Waals surface area contributed by atoms with Gasteiger partial charge in [0.25, 0.3) is 10.1 Å². The van der Waals surface area contributed by atoms with E-state index in [2.05, 4.69) is 0 Å². The molecule has 0 amide bonds. The molecule has 1 unspecified atom stereocenters. The number of benzene rings is 1. The molecule has 0 spiro atoms. The average Bonchev–Trinajstić information content (AvgIpc) is 2.48. The molecule has 1 aliphatic carbocycles. The number of hydrogen-bond donors (Lipinski definition) is 0. The molecular formula is C14H18O5S2. The summed E-state index contributed by atoms with van der Waals surface area (Å²) in [5.41, 5.74) is -0.818. The lowest BCUT2D eigenvalue weighted by Gasteiger charge is -2.36. The lowest BCUT2D eigenvalue weighted by atomic mass is 9.79. The van der Waals surface area contributed by atoms with E-state index < -0.39 is 26.0 Å². The molecule has 0 aromatic heterocycles. The highest BCUT2D eigenvalue weighted by atomic mass is 32.2. The van der Waals surface area contributed by atoms with E-state index in [1.165, 1.54) is 6.92 Å². The topological polar surface area (TPSA) is 77.5 Å². The Morgan fingerprint density at radius 3 is 2.43 bits per heavy atom. The molecule has 116 valence electrons. The van der Waals surface area contributed by atoms with Crippen LogP contribution in [0.25, 0.3) is 0 Å². The molecule has 1 saturated carbocycles. The van der Waals surface area contributed by atoms with Gasteiger partial charge in [0.15, 0.2) is 0 Å². The second-order valence-electron chi connectivity index (χ2n) is 4.99. The first-order valence-electron chi connectivity index (χ1n) is 6.86. The summed E-state index contributed by atoms with van der Waals surface area (Å²) in [7, 11) is -6.27. The standard InChI is InChI=1S/C14H18O5S2/c1-2-21(17,18)19-14(12-8-4-3-5-9-12)11-7-6-10-13(14)20(15)16/h3-5,8-9H,2,6-7,10-11H2,1H3. The summed E-state index contributed by atoms with van der Waals surface area (Å²) in [6.07, 6.45) is 2.10. The fraction of sp³-hybridized carbons (Fsp3) is 0.500. The molecular weight excluding hydrogens is 312 g/mol. The van der Waals surface area contributed by atoms with Crippen molar-refractivity contribution in [2.75, 3.05) is 5.75 Å². The molecule has 21 heavy (non-hydrogen) atoms. The van der Waals surface area contributed by atoms with Crippen LogP contribution in [0.3, 0.4) is 0 Å². The fourth-order valence-electron chi connectivity index (χ4n) is 2.64. The molecule has 1 atom stereocenters. The van der Waals surface area contributed by atoms with Crippen LogP contribution in [0.5, 0.6) is 0 Å². The van der Waals surface area contributed by atoms with Crippen molar-refractivity contribution in [1.82, 2.24) is 0 Å². The second kappa shape index (κ2) is 6.29. The zero-order chi connectivity index (χ0) is 15.5. The predicted octanol–water partition coefficient (Wildman–Crippen LogP) is 1.87. The Balaban J connectivity index is 2.67. The maximum absolute atomic E-state index is 12.0. The van der Waals surface area contributed by atoms with Crippen molar-refractivity contribution in [2.45, 2.75) is 38.2 Å². The SMILES string of the molecule is CCS(=O)(=O)OC1(c2ccccc2)CCCCC1=S(=O)=O. The highest BCUT2D eigenvalue weighted by molar-refractivity contribution is 7.86. The average molecular weight is 330 g/mol. The summed E-state index contributed by atoms with van der Waals surface area (Å²) in [6.45, 7) is 1.48. The summed E-state index contributed by atoms with van der Waals surface area (Å²) >= 11 is 0. The van der Waals surface area contributed by atoms with Gasteiger partial charge >= 0.3 is 0 Å². The summed E-state index contributed by atoms with van der Waals surface area (Å²) < 4.78 is 52.6. The Kier molecular flexibility index (Phi) is 4.85. The molecule has 0 bridgehead atoms. The van der Waals surface area contributed by atoms with Gasteiger partial charge in [-0.05, 0) is 38.2 Å². The zero-order valence-corrected chi connectivity index (χ0v) is 13.4. The van der Waals surface area contributed by atoms with Gasteiger partial charge in [-0.25, -0.2) is 0 Å². The first-order chi connectivity index (χ1) is 9.91. The van der Waals surface area contributed by atoms with Gasteiger partial charge in [-0.1, -0.05) is 30.3 Å². The molecule has 0 saturated heterocycles. The van der Waals surface area contributed by atoms with Gasteiger partial charge in [0, 0.05) is 0 Å². The van der Waals surface area contributed by atoms with Crippen molar-refractivity contribution in [1.29, 1.82) is 0 Å². The summed E-state index contributed by atoms with van der Waals surface area (Å²) in [5.74, 6) is -0.194. The Bertz CT molecular complexity index is 727. The molecule has 1 aliphatic rings. The Hall–Kier alpha value is -1.18. The minimum atomic E-state index is -3.79. The van der Waals surface area contributed by atoms with E-state index in [-0.39, 0.29) is 10.6 Å². The van der Waals surface area contributed by atoms with Crippen LogP contribution in [0.15, 0.2) is 30.3 Å². The van der Waals surface area contributed by atoms with Crippen LogP contribution < -0.4 is 0 Å². The predicted molar refractivity (Wildman–Crippen MR) is 81.1 cm³/mol.